The minimum absolute atomic E-state index is 0.0118. The Kier molecular flexibility index (Phi) is 4.85. The lowest BCUT2D eigenvalue weighted by Gasteiger charge is -2.17. The summed E-state index contributed by atoms with van der Waals surface area (Å²) >= 11 is 0. The zero-order chi connectivity index (χ0) is 17.2. The Morgan fingerprint density at radius 1 is 1.26 bits per heavy atom. The molecule has 2 aromatic rings. The molecule has 0 aliphatic carbocycles. The first-order chi connectivity index (χ1) is 10.7. The van der Waals surface area contributed by atoms with Gasteiger partial charge in [-0.3, -0.25) is 9.69 Å². The molecule has 0 bridgehead atoms. The Balaban J connectivity index is 2.07. The number of aryl methyl sites for hydroxylation is 3. The van der Waals surface area contributed by atoms with E-state index in [0.717, 1.165) is 0 Å². The van der Waals surface area contributed by atoms with Gasteiger partial charge in [0.25, 0.3) is 0 Å². The average Bonchev–Trinajstić information content (AvgIpc) is 3.01. The van der Waals surface area contributed by atoms with Gasteiger partial charge in [0.2, 0.25) is 15.9 Å². The van der Waals surface area contributed by atoms with Crippen molar-refractivity contribution in [2.45, 2.75) is 32.6 Å². The summed E-state index contributed by atoms with van der Waals surface area (Å²) in [4.78, 5) is 13.0. The largest absolute Gasteiger partial charge is 0.360 e. The van der Waals surface area contributed by atoms with Gasteiger partial charge in [-0.15, -0.1) is 0 Å². The maximum absolute atomic E-state index is 12.3. The molecule has 23 heavy (non-hydrogen) atoms. The van der Waals surface area contributed by atoms with Gasteiger partial charge in [0.1, 0.15) is 16.3 Å². The van der Waals surface area contributed by atoms with E-state index in [0.29, 0.717) is 11.6 Å². The van der Waals surface area contributed by atoms with Gasteiger partial charge in [-0.1, -0.05) is 10.3 Å². The number of carbonyl (C=O) groups excluding carboxylic acids is 1. The topological polar surface area (TPSA) is 119 Å². The van der Waals surface area contributed by atoms with Crippen molar-refractivity contribution in [2.75, 3.05) is 18.0 Å². The molecule has 1 amide bonds. The quantitative estimate of drug-likeness (QED) is 0.829. The molecular formula is C13H18N4O5S. The number of nitrogens with one attached hydrogen (secondary N) is 1. The number of hydrogen-bond donors (Lipinski definition) is 1. The lowest BCUT2D eigenvalue weighted by Crippen LogP contribution is -2.38. The van der Waals surface area contributed by atoms with Crippen LogP contribution in [-0.2, 0) is 14.8 Å². The number of sulfonamides is 1. The Morgan fingerprint density at radius 2 is 1.96 bits per heavy atom. The second kappa shape index (κ2) is 6.50. The molecule has 0 atom stereocenters. The van der Waals surface area contributed by atoms with Crippen LogP contribution in [-0.4, -0.2) is 37.7 Å². The number of aromatic nitrogens is 2. The first kappa shape index (κ1) is 17.2. The van der Waals surface area contributed by atoms with E-state index in [1.54, 1.807) is 19.9 Å². The molecule has 0 saturated carbocycles. The van der Waals surface area contributed by atoms with Crippen LogP contribution in [0, 0.1) is 20.8 Å². The number of amides is 1. The molecule has 0 spiro atoms. The molecule has 2 aromatic heterocycles. The smallest absolute Gasteiger partial charge is 0.246 e. The van der Waals surface area contributed by atoms with Crippen LogP contribution < -0.4 is 9.62 Å². The minimum atomic E-state index is -3.76. The zero-order valence-electron chi connectivity index (χ0n) is 13.3. The third-order valence-corrected chi connectivity index (χ3v) is 4.84. The Bertz CT molecular complexity index is 789. The van der Waals surface area contributed by atoms with Gasteiger partial charge in [-0.2, -0.15) is 0 Å². The average molecular weight is 342 g/mol. The van der Waals surface area contributed by atoms with E-state index in [1.165, 1.54) is 18.7 Å². The monoisotopic (exact) mass is 342 g/mol. The molecule has 1 N–H and O–H groups in total. The molecule has 0 aliphatic rings. The molecule has 0 fully saturated rings. The van der Waals surface area contributed by atoms with Gasteiger partial charge in [-0.05, 0) is 20.8 Å². The fourth-order valence-electron chi connectivity index (χ4n) is 2.14. The number of hydrogen-bond acceptors (Lipinski definition) is 7. The molecule has 10 heteroatoms. The van der Waals surface area contributed by atoms with E-state index in [1.807, 2.05) is 0 Å². The molecule has 0 aliphatic heterocycles. The summed E-state index contributed by atoms with van der Waals surface area (Å²) in [5.74, 6) is 0.842. The molecular weight excluding hydrogens is 324 g/mol. The summed E-state index contributed by atoms with van der Waals surface area (Å²) < 4.78 is 36.8. The van der Waals surface area contributed by atoms with Crippen molar-refractivity contribution in [1.82, 2.24) is 15.0 Å². The van der Waals surface area contributed by atoms with E-state index in [-0.39, 0.29) is 35.3 Å². The highest BCUT2D eigenvalue weighted by Crippen LogP contribution is 2.18. The van der Waals surface area contributed by atoms with E-state index in [2.05, 4.69) is 15.0 Å². The third-order valence-electron chi connectivity index (χ3n) is 3.14. The molecule has 0 aromatic carbocycles. The molecule has 126 valence electrons. The van der Waals surface area contributed by atoms with E-state index in [4.69, 9.17) is 9.05 Å². The van der Waals surface area contributed by atoms with E-state index < -0.39 is 10.0 Å². The SMILES string of the molecule is CC(=O)N(CCNS(=O)(=O)c1c(C)noc1C)c1cc(C)on1. The Hall–Kier alpha value is -2.20. The summed E-state index contributed by atoms with van der Waals surface area (Å²) in [5, 5.41) is 7.38. The van der Waals surface area contributed by atoms with Crippen LogP contribution >= 0.6 is 0 Å². The van der Waals surface area contributed by atoms with Gasteiger partial charge in [0, 0.05) is 26.1 Å². The Morgan fingerprint density at radius 3 is 2.43 bits per heavy atom. The second-order valence-electron chi connectivity index (χ2n) is 5.02. The maximum atomic E-state index is 12.3. The van der Waals surface area contributed by atoms with Crippen LogP contribution in [0.15, 0.2) is 20.0 Å². The van der Waals surface area contributed by atoms with Crippen LogP contribution in [0.5, 0.6) is 0 Å². The van der Waals surface area contributed by atoms with Crippen LogP contribution in [0.1, 0.15) is 24.1 Å². The van der Waals surface area contributed by atoms with E-state index in [9.17, 15) is 13.2 Å². The highest BCUT2D eigenvalue weighted by Gasteiger charge is 2.24. The summed E-state index contributed by atoms with van der Waals surface area (Å²) in [6.07, 6.45) is 0. The first-order valence-corrected chi connectivity index (χ1v) is 8.34. The van der Waals surface area contributed by atoms with Gasteiger partial charge >= 0.3 is 0 Å². The third kappa shape index (κ3) is 3.77. The van der Waals surface area contributed by atoms with Crippen LogP contribution in [0.3, 0.4) is 0 Å². The summed E-state index contributed by atoms with van der Waals surface area (Å²) in [6, 6.07) is 1.60. The van der Waals surface area contributed by atoms with Gasteiger partial charge in [0.15, 0.2) is 11.6 Å². The predicted octanol–water partition coefficient (Wildman–Crippen LogP) is 0.919. The number of rotatable bonds is 6. The fraction of sp³-hybridized carbons (Fsp3) is 0.462. The maximum Gasteiger partial charge on any atom is 0.246 e. The summed E-state index contributed by atoms with van der Waals surface area (Å²) in [6.45, 7) is 6.27. The number of nitrogens with zero attached hydrogens (tertiary/aromatic N) is 3. The highest BCUT2D eigenvalue weighted by atomic mass is 32.2. The standard InChI is InChI=1S/C13H18N4O5S/c1-8-7-12(16-21-8)17(11(4)18)6-5-14-23(19,20)13-9(2)15-22-10(13)3/h7,14H,5-6H2,1-4H3. The van der Waals surface area contributed by atoms with Crippen molar-refractivity contribution in [1.29, 1.82) is 0 Å². The van der Waals surface area contributed by atoms with Crippen LogP contribution in [0.4, 0.5) is 5.82 Å². The van der Waals surface area contributed by atoms with Crippen molar-refractivity contribution in [3.63, 3.8) is 0 Å². The van der Waals surface area contributed by atoms with Crippen LogP contribution in [0.25, 0.3) is 0 Å². The second-order valence-corrected chi connectivity index (χ2v) is 6.72. The van der Waals surface area contributed by atoms with Crippen molar-refractivity contribution >= 4 is 21.7 Å². The van der Waals surface area contributed by atoms with Crippen molar-refractivity contribution < 1.29 is 22.3 Å². The zero-order valence-corrected chi connectivity index (χ0v) is 14.1. The number of carbonyl (C=O) groups is 1. The molecule has 0 saturated heterocycles. The Labute approximate surface area is 133 Å². The van der Waals surface area contributed by atoms with Gasteiger partial charge < -0.3 is 9.05 Å². The van der Waals surface area contributed by atoms with Crippen molar-refractivity contribution in [3.8, 4) is 0 Å². The predicted molar refractivity (Wildman–Crippen MR) is 80.4 cm³/mol. The molecule has 0 radical (unpaired) electrons. The minimum Gasteiger partial charge on any atom is -0.360 e. The lowest BCUT2D eigenvalue weighted by atomic mass is 10.4. The van der Waals surface area contributed by atoms with Crippen molar-refractivity contribution in [3.05, 3.63) is 23.3 Å². The number of anilines is 1. The van der Waals surface area contributed by atoms with E-state index >= 15 is 0 Å². The lowest BCUT2D eigenvalue weighted by molar-refractivity contribution is -0.116. The molecule has 2 rings (SSSR count). The van der Waals surface area contributed by atoms with Gasteiger partial charge in [0.05, 0.1) is 0 Å². The summed E-state index contributed by atoms with van der Waals surface area (Å²) in [7, 11) is -3.76. The first-order valence-electron chi connectivity index (χ1n) is 6.86. The van der Waals surface area contributed by atoms with Crippen LogP contribution in [0.2, 0.25) is 0 Å². The van der Waals surface area contributed by atoms with Crippen molar-refractivity contribution in [2.24, 2.45) is 0 Å². The molecule has 0 unspecified atom stereocenters. The molecule has 9 nitrogen and oxygen atoms in total. The highest BCUT2D eigenvalue weighted by molar-refractivity contribution is 7.89. The summed E-state index contributed by atoms with van der Waals surface area (Å²) in [5.41, 5.74) is 0.283. The molecule has 2 heterocycles. The fourth-order valence-corrected chi connectivity index (χ4v) is 3.48. The normalized spacial score (nSPS) is 11.7. The van der Waals surface area contributed by atoms with Gasteiger partial charge in [-0.25, -0.2) is 13.1 Å².